The van der Waals surface area contributed by atoms with Crippen LogP contribution in [0.25, 0.3) is 0 Å². The highest BCUT2D eigenvalue weighted by Crippen LogP contribution is 2.18. The van der Waals surface area contributed by atoms with Crippen molar-refractivity contribution >= 4 is 5.69 Å². The molecular weight excluding hydrogens is 264 g/mol. The summed E-state index contributed by atoms with van der Waals surface area (Å²) in [4.78, 5) is 10.00. The fraction of sp³-hybridized carbons (Fsp3) is 0.750. The molecule has 3 atom stereocenters. The minimum absolute atomic E-state index is 0.0188. The number of rotatable bonds is 6. The molecule has 1 heterocycles. The molecule has 0 amide bonds. The van der Waals surface area contributed by atoms with Gasteiger partial charge in [0.1, 0.15) is 12.4 Å². The lowest BCUT2D eigenvalue weighted by atomic mass is 9.92. The molecule has 0 radical (unpaired) electrons. The van der Waals surface area contributed by atoms with E-state index in [1.54, 1.807) is 0 Å². The molecule has 20 heavy (non-hydrogen) atoms. The molecule has 0 spiro atoms. The van der Waals surface area contributed by atoms with Gasteiger partial charge in [0.15, 0.2) is 0 Å². The first-order valence-electron chi connectivity index (χ1n) is 6.82. The van der Waals surface area contributed by atoms with Crippen molar-refractivity contribution in [2.24, 2.45) is 0 Å². The molecule has 1 aromatic rings. The maximum atomic E-state index is 10.5. The predicted octanol–water partition coefficient (Wildman–Crippen LogP) is 0.0453. The van der Waals surface area contributed by atoms with Crippen molar-refractivity contribution in [2.75, 3.05) is 6.54 Å². The van der Waals surface area contributed by atoms with Crippen molar-refractivity contribution < 1.29 is 15.1 Å². The third kappa shape index (κ3) is 3.99. The van der Waals surface area contributed by atoms with Gasteiger partial charge in [-0.1, -0.05) is 12.8 Å². The Labute approximate surface area is 116 Å². The van der Waals surface area contributed by atoms with Crippen molar-refractivity contribution in [1.29, 1.82) is 0 Å². The minimum atomic E-state index is -0.705. The zero-order chi connectivity index (χ0) is 14.5. The van der Waals surface area contributed by atoms with Crippen LogP contribution in [0.5, 0.6) is 0 Å². The molecule has 3 N–H and O–H groups in total. The van der Waals surface area contributed by atoms with Gasteiger partial charge < -0.3 is 15.5 Å². The SMILES string of the molecule is O=[N+]([O-])c1cnn(CC(O)CNC2CCCCC2O)c1. The third-order valence-electron chi connectivity index (χ3n) is 3.57. The highest BCUT2D eigenvalue weighted by atomic mass is 16.6. The Morgan fingerprint density at radius 1 is 1.55 bits per heavy atom. The van der Waals surface area contributed by atoms with Crippen LogP contribution >= 0.6 is 0 Å². The largest absolute Gasteiger partial charge is 0.392 e. The topological polar surface area (TPSA) is 113 Å². The first kappa shape index (κ1) is 14.9. The predicted molar refractivity (Wildman–Crippen MR) is 71.2 cm³/mol. The van der Waals surface area contributed by atoms with Crippen LogP contribution in [0.3, 0.4) is 0 Å². The van der Waals surface area contributed by atoms with Gasteiger partial charge in [-0.2, -0.15) is 5.10 Å². The second-order valence-corrected chi connectivity index (χ2v) is 5.20. The Bertz CT molecular complexity index is 450. The average molecular weight is 284 g/mol. The van der Waals surface area contributed by atoms with Crippen LogP contribution in [0.1, 0.15) is 25.7 Å². The van der Waals surface area contributed by atoms with E-state index in [0.717, 1.165) is 31.9 Å². The van der Waals surface area contributed by atoms with Crippen molar-refractivity contribution in [2.45, 2.75) is 50.5 Å². The standard InChI is InChI=1S/C12H20N4O4/c17-10(6-13-11-3-1-2-4-12(11)18)8-15-7-9(5-14-15)16(19)20/h5,7,10-13,17-18H,1-4,6,8H2. The van der Waals surface area contributed by atoms with Crippen LogP contribution < -0.4 is 5.32 Å². The van der Waals surface area contributed by atoms with Gasteiger partial charge in [0, 0.05) is 12.6 Å². The van der Waals surface area contributed by atoms with Crippen molar-refractivity contribution in [1.82, 2.24) is 15.1 Å². The normalized spacial score (nSPS) is 24.5. The van der Waals surface area contributed by atoms with Gasteiger partial charge in [-0.05, 0) is 12.8 Å². The quantitative estimate of drug-likeness (QED) is 0.502. The Balaban J connectivity index is 1.76. The van der Waals surface area contributed by atoms with E-state index in [9.17, 15) is 20.3 Å². The molecule has 1 aliphatic rings. The summed E-state index contributed by atoms with van der Waals surface area (Å²) in [7, 11) is 0. The molecule has 0 saturated heterocycles. The molecule has 2 rings (SSSR count). The maximum Gasteiger partial charge on any atom is 0.306 e. The number of aromatic nitrogens is 2. The van der Waals surface area contributed by atoms with Crippen LogP contribution in [-0.4, -0.2) is 49.7 Å². The molecule has 0 aromatic carbocycles. The van der Waals surface area contributed by atoms with Gasteiger partial charge in [-0.3, -0.25) is 14.8 Å². The number of nitrogens with one attached hydrogen (secondary N) is 1. The summed E-state index contributed by atoms with van der Waals surface area (Å²) in [6.45, 7) is 0.513. The van der Waals surface area contributed by atoms with Gasteiger partial charge in [0.05, 0.1) is 23.7 Å². The molecule has 1 saturated carbocycles. The summed E-state index contributed by atoms with van der Waals surface area (Å²) >= 11 is 0. The Kier molecular flexibility index (Phi) is 5.05. The second kappa shape index (κ2) is 6.78. The van der Waals surface area contributed by atoms with Crippen molar-refractivity contribution in [3.63, 3.8) is 0 Å². The van der Waals surface area contributed by atoms with Crippen molar-refractivity contribution in [3.05, 3.63) is 22.5 Å². The van der Waals surface area contributed by atoms with E-state index in [1.807, 2.05) is 0 Å². The zero-order valence-electron chi connectivity index (χ0n) is 11.2. The molecule has 0 bridgehead atoms. The summed E-state index contributed by atoms with van der Waals surface area (Å²) in [6.07, 6.45) is 5.20. The van der Waals surface area contributed by atoms with Crippen LogP contribution in [0.15, 0.2) is 12.4 Å². The number of aliphatic hydroxyl groups is 2. The second-order valence-electron chi connectivity index (χ2n) is 5.20. The fourth-order valence-electron chi connectivity index (χ4n) is 2.46. The first-order valence-corrected chi connectivity index (χ1v) is 6.82. The van der Waals surface area contributed by atoms with E-state index < -0.39 is 11.0 Å². The lowest BCUT2D eigenvalue weighted by Gasteiger charge is -2.29. The van der Waals surface area contributed by atoms with Crippen LogP contribution in [0, 0.1) is 10.1 Å². The monoisotopic (exact) mass is 284 g/mol. The number of hydrogen-bond acceptors (Lipinski definition) is 6. The van der Waals surface area contributed by atoms with E-state index in [2.05, 4.69) is 10.4 Å². The van der Waals surface area contributed by atoms with Crippen LogP contribution in [-0.2, 0) is 6.54 Å². The number of nitrogens with zero attached hydrogens (tertiary/aromatic N) is 3. The van der Waals surface area contributed by atoms with Crippen molar-refractivity contribution in [3.8, 4) is 0 Å². The average Bonchev–Trinajstić information content (AvgIpc) is 2.86. The molecule has 3 unspecified atom stereocenters. The third-order valence-corrected chi connectivity index (χ3v) is 3.57. The van der Waals surface area contributed by atoms with Gasteiger partial charge in [-0.15, -0.1) is 0 Å². The molecule has 8 nitrogen and oxygen atoms in total. The summed E-state index contributed by atoms with van der Waals surface area (Å²) in [5, 5.41) is 37.2. The Morgan fingerprint density at radius 2 is 2.30 bits per heavy atom. The molecule has 1 aromatic heterocycles. The highest BCUT2D eigenvalue weighted by Gasteiger charge is 2.23. The summed E-state index contributed by atoms with van der Waals surface area (Å²) in [6, 6.07) is 0.0188. The van der Waals surface area contributed by atoms with Gasteiger partial charge in [-0.25, -0.2) is 0 Å². The smallest absolute Gasteiger partial charge is 0.306 e. The number of aliphatic hydroxyl groups excluding tert-OH is 2. The number of hydrogen-bond donors (Lipinski definition) is 3. The van der Waals surface area contributed by atoms with Gasteiger partial charge in [0.2, 0.25) is 0 Å². The van der Waals surface area contributed by atoms with E-state index in [-0.39, 0.29) is 24.4 Å². The summed E-state index contributed by atoms with van der Waals surface area (Å²) in [5.41, 5.74) is -0.0899. The lowest BCUT2D eigenvalue weighted by Crippen LogP contribution is -2.45. The Morgan fingerprint density at radius 3 is 2.95 bits per heavy atom. The molecule has 112 valence electrons. The van der Waals surface area contributed by atoms with E-state index in [1.165, 1.54) is 10.9 Å². The molecule has 1 aliphatic carbocycles. The van der Waals surface area contributed by atoms with Crippen LogP contribution in [0.2, 0.25) is 0 Å². The molecule has 8 heteroatoms. The summed E-state index contributed by atoms with van der Waals surface area (Å²) < 4.78 is 1.35. The van der Waals surface area contributed by atoms with Crippen LogP contribution in [0.4, 0.5) is 5.69 Å². The molecule has 1 fully saturated rings. The molecular formula is C12H20N4O4. The van der Waals surface area contributed by atoms with E-state index in [0.29, 0.717) is 6.54 Å². The fourth-order valence-corrected chi connectivity index (χ4v) is 2.46. The van der Waals surface area contributed by atoms with Gasteiger partial charge in [0.25, 0.3) is 0 Å². The Hall–Kier alpha value is -1.51. The maximum absolute atomic E-state index is 10.5. The molecule has 0 aliphatic heterocycles. The van der Waals surface area contributed by atoms with Gasteiger partial charge >= 0.3 is 5.69 Å². The minimum Gasteiger partial charge on any atom is -0.392 e. The number of nitro groups is 1. The first-order chi connectivity index (χ1) is 9.56. The van der Waals surface area contributed by atoms with E-state index >= 15 is 0 Å². The zero-order valence-corrected chi connectivity index (χ0v) is 11.2. The van der Waals surface area contributed by atoms with E-state index in [4.69, 9.17) is 0 Å². The highest BCUT2D eigenvalue weighted by molar-refractivity contribution is 5.20. The summed E-state index contributed by atoms with van der Waals surface area (Å²) in [5.74, 6) is 0. The lowest BCUT2D eigenvalue weighted by molar-refractivity contribution is -0.385.